The van der Waals surface area contributed by atoms with Crippen molar-refractivity contribution in [1.29, 1.82) is 0 Å². The van der Waals surface area contributed by atoms with Gasteiger partial charge in [-0.2, -0.15) is 18.3 Å². The van der Waals surface area contributed by atoms with Crippen LogP contribution in [0.25, 0.3) is 0 Å². The van der Waals surface area contributed by atoms with Crippen LogP contribution in [-0.4, -0.2) is 24.6 Å². The molecule has 2 N–H and O–H groups in total. The van der Waals surface area contributed by atoms with Crippen LogP contribution in [-0.2, 0) is 22.4 Å². The molecule has 0 bridgehead atoms. The van der Waals surface area contributed by atoms with Crippen molar-refractivity contribution >= 4 is 34.8 Å². The summed E-state index contributed by atoms with van der Waals surface area (Å²) in [4.78, 5) is 24.3. The van der Waals surface area contributed by atoms with E-state index in [9.17, 15) is 22.8 Å². The molecule has 3 aromatic carbocycles. The van der Waals surface area contributed by atoms with Crippen molar-refractivity contribution < 1.29 is 32.2 Å². The van der Waals surface area contributed by atoms with E-state index in [0.29, 0.717) is 35.4 Å². The average Bonchev–Trinajstić information content (AvgIpc) is 2.87. The monoisotopic (exact) mass is 533 g/mol. The molecule has 7 nitrogen and oxygen atoms in total. The van der Waals surface area contributed by atoms with E-state index in [1.807, 2.05) is 31.2 Å². The number of methoxy groups -OCH3 is 1. The van der Waals surface area contributed by atoms with Gasteiger partial charge in [0.2, 0.25) is 0 Å². The van der Waals surface area contributed by atoms with Gasteiger partial charge < -0.3 is 14.8 Å². The van der Waals surface area contributed by atoms with Gasteiger partial charge in [0, 0.05) is 5.56 Å². The number of benzene rings is 3. The molecule has 0 spiro atoms. The van der Waals surface area contributed by atoms with E-state index in [0.717, 1.165) is 23.3 Å². The largest absolute Gasteiger partial charge is 0.493 e. The van der Waals surface area contributed by atoms with Gasteiger partial charge in [-0.1, -0.05) is 41.4 Å². The van der Waals surface area contributed by atoms with Crippen LogP contribution in [0.5, 0.6) is 11.5 Å². The quantitative estimate of drug-likeness (QED) is 0.230. The Morgan fingerprint density at radius 2 is 1.68 bits per heavy atom. The summed E-state index contributed by atoms with van der Waals surface area (Å²) in [6.07, 6.45) is -4.64. The zero-order valence-corrected chi connectivity index (χ0v) is 20.8. The van der Waals surface area contributed by atoms with E-state index >= 15 is 0 Å². The fraction of sp³-hybridized carbons (Fsp3) is 0.192. The molecule has 0 aliphatic carbocycles. The second-order valence-corrected chi connectivity index (χ2v) is 8.33. The Morgan fingerprint density at radius 1 is 0.973 bits per heavy atom. The molecule has 0 aliphatic rings. The maximum Gasteiger partial charge on any atom is 0.416 e. The normalized spacial score (nSPS) is 11.6. The number of carbonyl (C=O) groups excluding carboxylic acids is 2. The van der Waals surface area contributed by atoms with Gasteiger partial charge in [0.15, 0.2) is 11.5 Å². The molecule has 0 atom stereocenters. The van der Waals surface area contributed by atoms with Crippen LogP contribution in [0.1, 0.15) is 29.2 Å². The highest BCUT2D eigenvalue weighted by Gasteiger charge is 2.31. The van der Waals surface area contributed by atoms with E-state index in [1.54, 1.807) is 25.1 Å². The first-order valence-electron chi connectivity index (χ1n) is 10.9. The number of nitrogens with zero attached hydrogens (tertiary/aromatic N) is 1. The van der Waals surface area contributed by atoms with Crippen LogP contribution in [0.3, 0.4) is 0 Å². The minimum absolute atomic E-state index is 0.161. The summed E-state index contributed by atoms with van der Waals surface area (Å²) in [6, 6.07) is 15.3. The standard InChI is InChI=1S/C26H23ClF3N3O4/c1-15-4-6-17(7-5-15)14-37-22-11-8-18(12-23(22)36-3)16(2)32-33-25(35)24(34)31-21-13-19(26(28,29)30)9-10-20(21)27/h4-13H,14H2,1-3H3,(H,31,34)(H,33,35). The minimum atomic E-state index is -4.64. The number of rotatable bonds is 7. The molecule has 11 heteroatoms. The van der Waals surface area contributed by atoms with Crippen molar-refractivity contribution in [2.45, 2.75) is 26.6 Å². The van der Waals surface area contributed by atoms with Gasteiger partial charge >= 0.3 is 18.0 Å². The van der Waals surface area contributed by atoms with Gasteiger partial charge in [0.1, 0.15) is 6.61 Å². The zero-order chi connectivity index (χ0) is 27.2. The molecule has 3 rings (SSSR count). The molecular weight excluding hydrogens is 511 g/mol. The summed E-state index contributed by atoms with van der Waals surface area (Å²) in [5.41, 5.74) is 3.72. The van der Waals surface area contributed by atoms with E-state index in [4.69, 9.17) is 21.1 Å². The molecular formula is C26H23ClF3N3O4. The van der Waals surface area contributed by atoms with Crippen LogP contribution in [0.15, 0.2) is 65.8 Å². The first-order valence-corrected chi connectivity index (χ1v) is 11.2. The Kier molecular flexibility index (Phi) is 8.77. The molecule has 194 valence electrons. The highest BCUT2D eigenvalue weighted by Crippen LogP contribution is 2.34. The molecule has 0 radical (unpaired) electrons. The van der Waals surface area contributed by atoms with Crippen LogP contribution in [0, 0.1) is 6.92 Å². The minimum Gasteiger partial charge on any atom is -0.493 e. The number of alkyl halides is 3. The molecule has 0 saturated carbocycles. The Bertz CT molecular complexity index is 1330. The fourth-order valence-corrected chi connectivity index (χ4v) is 3.25. The Morgan fingerprint density at radius 3 is 2.32 bits per heavy atom. The lowest BCUT2D eigenvalue weighted by Crippen LogP contribution is -2.33. The van der Waals surface area contributed by atoms with Gasteiger partial charge in [0.05, 0.1) is 29.1 Å². The molecule has 0 heterocycles. The molecule has 0 unspecified atom stereocenters. The van der Waals surface area contributed by atoms with Gasteiger partial charge in [-0.25, -0.2) is 5.43 Å². The van der Waals surface area contributed by atoms with Crippen molar-refractivity contribution in [3.8, 4) is 11.5 Å². The summed E-state index contributed by atoms with van der Waals surface area (Å²) in [7, 11) is 1.48. The number of anilines is 1. The molecule has 37 heavy (non-hydrogen) atoms. The SMILES string of the molecule is COc1cc(C(C)=NNC(=O)C(=O)Nc2cc(C(F)(F)F)ccc2Cl)ccc1OCc1ccc(C)cc1. The number of hydrogen-bond donors (Lipinski definition) is 2. The zero-order valence-electron chi connectivity index (χ0n) is 20.1. The topological polar surface area (TPSA) is 89.0 Å². The molecule has 0 aliphatic heterocycles. The molecule has 0 saturated heterocycles. The molecule has 2 amide bonds. The second kappa shape index (κ2) is 11.8. The summed E-state index contributed by atoms with van der Waals surface area (Å²) in [5, 5.41) is 5.78. The predicted octanol–water partition coefficient (Wildman–Crippen LogP) is 5.73. The molecule has 3 aromatic rings. The van der Waals surface area contributed by atoms with Crippen LogP contribution in [0.2, 0.25) is 5.02 Å². The van der Waals surface area contributed by atoms with Crippen molar-refractivity contribution in [1.82, 2.24) is 5.43 Å². The summed E-state index contributed by atoms with van der Waals surface area (Å²) in [5.74, 6) is -1.50. The van der Waals surface area contributed by atoms with Crippen molar-refractivity contribution in [3.63, 3.8) is 0 Å². The fourth-order valence-electron chi connectivity index (χ4n) is 3.08. The second-order valence-electron chi connectivity index (χ2n) is 7.92. The van der Waals surface area contributed by atoms with Crippen LogP contribution >= 0.6 is 11.6 Å². The Labute approximate surface area is 216 Å². The highest BCUT2D eigenvalue weighted by atomic mass is 35.5. The van der Waals surface area contributed by atoms with Crippen molar-refractivity contribution in [2.75, 3.05) is 12.4 Å². The smallest absolute Gasteiger partial charge is 0.416 e. The first-order chi connectivity index (χ1) is 17.5. The van der Waals surface area contributed by atoms with Crippen LogP contribution < -0.4 is 20.2 Å². The summed E-state index contributed by atoms with van der Waals surface area (Å²) in [6.45, 7) is 3.92. The summed E-state index contributed by atoms with van der Waals surface area (Å²) >= 11 is 5.84. The number of ether oxygens (including phenoxy) is 2. The van der Waals surface area contributed by atoms with Gasteiger partial charge in [-0.05, 0) is 55.8 Å². The first kappa shape index (κ1) is 27.5. The van der Waals surface area contributed by atoms with E-state index in [-0.39, 0.29) is 10.7 Å². The third kappa shape index (κ3) is 7.47. The lowest BCUT2D eigenvalue weighted by Gasteiger charge is -2.13. The predicted molar refractivity (Wildman–Crippen MR) is 134 cm³/mol. The lowest BCUT2D eigenvalue weighted by atomic mass is 10.1. The number of carbonyl (C=O) groups is 2. The number of halogens is 4. The third-order valence-electron chi connectivity index (χ3n) is 5.17. The number of nitrogens with one attached hydrogen (secondary N) is 2. The van der Waals surface area contributed by atoms with Gasteiger partial charge in [0.25, 0.3) is 0 Å². The number of aryl methyl sites for hydroxylation is 1. The van der Waals surface area contributed by atoms with Gasteiger partial charge in [-0.3, -0.25) is 9.59 Å². The number of hydrazone groups is 1. The average molecular weight is 534 g/mol. The maximum absolute atomic E-state index is 12.9. The number of amides is 2. The van der Waals surface area contributed by atoms with Crippen LogP contribution in [0.4, 0.5) is 18.9 Å². The molecule has 0 fully saturated rings. The summed E-state index contributed by atoms with van der Waals surface area (Å²) < 4.78 is 50.0. The van der Waals surface area contributed by atoms with Crippen molar-refractivity contribution in [3.05, 3.63) is 87.9 Å². The van der Waals surface area contributed by atoms with E-state index in [1.165, 1.54) is 7.11 Å². The van der Waals surface area contributed by atoms with E-state index < -0.39 is 23.6 Å². The molecule has 0 aromatic heterocycles. The third-order valence-corrected chi connectivity index (χ3v) is 5.50. The lowest BCUT2D eigenvalue weighted by molar-refractivity contribution is -0.137. The van der Waals surface area contributed by atoms with Crippen molar-refractivity contribution in [2.24, 2.45) is 5.10 Å². The van der Waals surface area contributed by atoms with Gasteiger partial charge in [-0.15, -0.1) is 0 Å². The maximum atomic E-state index is 12.9. The van der Waals surface area contributed by atoms with E-state index in [2.05, 4.69) is 15.8 Å². The number of hydrogen-bond acceptors (Lipinski definition) is 5. The highest BCUT2D eigenvalue weighted by molar-refractivity contribution is 6.41. The Balaban J connectivity index is 1.64. The Hall–Kier alpha value is -4.05.